The van der Waals surface area contributed by atoms with Crippen LogP contribution in [0.3, 0.4) is 0 Å². The number of halogens is 2. The van der Waals surface area contributed by atoms with Crippen LogP contribution in [-0.2, 0) is 9.05 Å². The van der Waals surface area contributed by atoms with Crippen molar-refractivity contribution in [2.45, 2.75) is 31.6 Å². The van der Waals surface area contributed by atoms with E-state index < -0.39 is 20.8 Å². The second-order valence-electron chi connectivity index (χ2n) is 5.56. The van der Waals surface area contributed by atoms with Crippen molar-refractivity contribution in [1.29, 1.82) is 0 Å². The van der Waals surface area contributed by atoms with E-state index in [9.17, 15) is 17.6 Å². The van der Waals surface area contributed by atoms with Crippen LogP contribution in [0.2, 0.25) is 0 Å². The van der Waals surface area contributed by atoms with Gasteiger partial charge in [-0.3, -0.25) is 4.79 Å². The van der Waals surface area contributed by atoms with Gasteiger partial charge in [-0.1, -0.05) is 6.92 Å². The third-order valence-electron chi connectivity index (χ3n) is 3.78. The molecule has 0 aliphatic heterocycles. The molecule has 0 bridgehead atoms. The monoisotopic (exact) mass is 333 g/mol. The van der Waals surface area contributed by atoms with Crippen molar-refractivity contribution in [1.82, 2.24) is 5.32 Å². The van der Waals surface area contributed by atoms with Crippen LogP contribution in [0.25, 0.3) is 0 Å². The molecule has 1 N–H and O–H groups in total. The van der Waals surface area contributed by atoms with E-state index in [4.69, 9.17) is 10.7 Å². The maximum absolute atomic E-state index is 13.9. The molecule has 0 spiro atoms. The minimum atomic E-state index is -4.02. The van der Waals surface area contributed by atoms with E-state index in [0.29, 0.717) is 18.4 Å². The average molecular weight is 334 g/mol. The molecule has 1 aromatic carbocycles. The standard InChI is InChI=1S/C14H17ClFNO3S/c1-8-5-12(16)11(6-13(8)21(15,19)20)14(18)17-7-9(2)10-3-4-10/h5-6,9-10H,3-4,7H2,1-2H3,(H,17,18). The number of benzene rings is 1. The summed E-state index contributed by atoms with van der Waals surface area (Å²) in [6.07, 6.45) is 2.31. The predicted octanol–water partition coefficient (Wildman–Crippen LogP) is 2.84. The SMILES string of the molecule is Cc1cc(F)c(C(=O)NCC(C)C2CC2)cc1S(=O)(=O)Cl. The zero-order valence-corrected chi connectivity index (χ0v) is 13.4. The Morgan fingerprint density at radius 2 is 2.10 bits per heavy atom. The van der Waals surface area contributed by atoms with Crippen molar-refractivity contribution in [3.05, 3.63) is 29.1 Å². The third-order valence-corrected chi connectivity index (χ3v) is 5.25. The Balaban J connectivity index is 2.19. The molecule has 116 valence electrons. The Labute approximate surface area is 128 Å². The first-order valence-electron chi connectivity index (χ1n) is 6.73. The molecule has 1 fully saturated rings. The highest BCUT2D eigenvalue weighted by Crippen LogP contribution is 2.36. The lowest BCUT2D eigenvalue weighted by atomic mass is 10.1. The van der Waals surface area contributed by atoms with E-state index in [-0.39, 0.29) is 16.0 Å². The van der Waals surface area contributed by atoms with Crippen LogP contribution in [-0.4, -0.2) is 20.9 Å². The number of aryl methyl sites for hydroxylation is 1. The van der Waals surface area contributed by atoms with Crippen molar-refractivity contribution in [2.75, 3.05) is 6.54 Å². The van der Waals surface area contributed by atoms with Gasteiger partial charge in [-0.15, -0.1) is 0 Å². The molecule has 7 heteroatoms. The molecule has 21 heavy (non-hydrogen) atoms. The molecule has 0 heterocycles. The van der Waals surface area contributed by atoms with E-state index in [1.165, 1.54) is 6.92 Å². The van der Waals surface area contributed by atoms with Crippen molar-refractivity contribution in [3.63, 3.8) is 0 Å². The maximum Gasteiger partial charge on any atom is 0.261 e. The largest absolute Gasteiger partial charge is 0.352 e. The summed E-state index contributed by atoms with van der Waals surface area (Å²) in [6, 6.07) is 2.00. The van der Waals surface area contributed by atoms with Crippen LogP contribution >= 0.6 is 10.7 Å². The normalized spacial score (nSPS) is 16.6. The lowest BCUT2D eigenvalue weighted by Gasteiger charge is -2.13. The fourth-order valence-electron chi connectivity index (χ4n) is 2.27. The highest BCUT2D eigenvalue weighted by molar-refractivity contribution is 8.13. The number of nitrogens with one attached hydrogen (secondary N) is 1. The Morgan fingerprint density at radius 1 is 1.48 bits per heavy atom. The summed E-state index contributed by atoms with van der Waals surface area (Å²) in [7, 11) is 1.27. The lowest BCUT2D eigenvalue weighted by molar-refractivity contribution is 0.0942. The summed E-state index contributed by atoms with van der Waals surface area (Å²) in [6.45, 7) is 3.90. The first-order valence-corrected chi connectivity index (χ1v) is 9.04. The predicted molar refractivity (Wildman–Crippen MR) is 78.4 cm³/mol. The molecule has 1 saturated carbocycles. The summed E-state index contributed by atoms with van der Waals surface area (Å²) >= 11 is 0. The van der Waals surface area contributed by atoms with E-state index in [2.05, 4.69) is 5.32 Å². The van der Waals surface area contributed by atoms with Crippen LogP contribution in [0.5, 0.6) is 0 Å². The molecule has 1 atom stereocenters. The number of hydrogen-bond acceptors (Lipinski definition) is 3. The molecule has 0 aromatic heterocycles. The highest BCUT2D eigenvalue weighted by Gasteiger charge is 2.28. The Bertz CT molecular complexity index is 671. The summed E-state index contributed by atoms with van der Waals surface area (Å²) in [5, 5.41) is 2.64. The quantitative estimate of drug-likeness (QED) is 0.843. The van der Waals surface area contributed by atoms with E-state index >= 15 is 0 Å². The van der Waals surface area contributed by atoms with Crippen LogP contribution in [0.4, 0.5) is 4.39 Å². The van der Waals surface area contributed by atoms with Crippen molar-refractivity contribution in [2.24, 2.45) is 11.8 Å². The lowest BCUT2D eigenvalue weighted by Crippen LogP contribution is -2.29. The van der Waals surface area contributed by atoms with Crippen molar-refractivity contribution in [3.8, 4) is 0 Å². The Morgan fingerprint density at radius 3 is 2.62 bits per heavy atom. The summed E-state index contributed by atoms with van der Waals surface area (Å²) in [4.78, 5) is 11.8. The van der Waals surface area contributed by atoms with Gasteiger partial charge in [-0.05, 0) is 49.3 Å². The van der Waals surface area contributed by atoms with Gasteiger partial charge in [0.05, 0.1) is 10.5 Å². The van der Waals surface area contributed by atoms with Gasteiger partial charge in [0.15, 0.2) is 0 Å². The molecule has 1 aromatic rings. The van der Waals surface area contributed by atoms with Gasteiger partial charge < -0.3 is 5.32 Å². The molecule has 1 aliphatic carbocycles. The minimum absolute atomic E-state index is 0.172. The smallest absolute Gasteiger partial charge is 0.261 e. The van der Waals surface area contributed by atoms with Crippen molar-refractivity contribution < 1.29 is 17.6 Å². The Hall–Kier alpha value is -1.14. The topological polar surface area (TPSA) is 63.2 Å². The van der Waals surface area contributed by atoms with Gasteiger partial charge >= 0.3 is 0 Å². The van der Waals surface area contributed by atoms with Gasteiger partial charge in [-0.2, -0.15) is 0 Å². The highest BCUT2D eigenvalue weighted by atomic mass is 35.7. The number of rotatable bonds is 5. The average Bonchev–Trinajstić information content (AvgIpc) is 3.18. The first-order chi connectivity index (χ1) is 9.70. The molecule has 0 radical (unpaired) electrons. The molecule has 4 nitrogen and oxygen atoms in total. The van der Waals surface area contributed by atoms with Crippen LogP contribution in [0.1, 0.15) is 35.7 Å². The van der Waals surface area contributed by atoms with E-state index in [1.807, 2.05) is 6.92 Å². The van der Waals surface area contributed by atoms with E-state index in [1.54, 1.807) is 0 Å². The van der Waals surface area contributed by atoms with Gasteiger partial charge in [-0.25, -0.2) is 12.8 Å². The van der Waals surface area contributed by atoms with E-state index in [0.717, 1.165) is 25.0 Å². The third kappa shape index (κ3) is 3.95. The zero-order chi connectivity index (χ0) is 15.8. The first kappa shape index (κ1) is 16.2. The van der Waals surface area contributed by atoms with Gasteiger partial charge in [0.25, 0.3) is 15.0 Å². The van der Waals surface area contributed by atoms with Gasteiger partial charge in [0.1, 0.15) is 5.82 Å². The Kier molecular flexibility index (Phi) is 4.58. The molecule has 2 rings (SSSR count). The molecular weight excluding hydrogens is 317 g/mol. The molecule has 0 saturated heterocycles. The molecular formula is C14H17ClFNO3S. The van der Waals surface area contributed by atoms with Crippen LogP contribution in [0.15, 0.2) is 17.0 Å². The second kappa shape index (κ2) is 5.93. The summed E-state index contributed by atoms with van der Waals surface area (Å²) < 4.78 is 36.7. The zero-order valence-electron chi connectivity index (χ0n) is 11.8. The number of carbonyl (C=O) groups excluding carboxylic acids is 1. The van der Waals surface area contributed by atoms with Crippen LogP contribution in [0, 0.1) is 24.6 Å². The minimum Gasteiger partial charge on any atom is -0.352 e. The fraction of sp³-hybridized carbons (Fsp3) is 0.500. The second-order valence-corrected chi connectivity index (χ2v) is 8.09. The summed E-state index contributed by atoms with van der Waals surface area (Å²) in [5.74, 6) is -0.430. The maximum atomic E-state index is 13.9. The fourth-order valence-corrected chi connectivity index (χ4v) is 3.47. The van der Waals surface area contributed by atoms with Crippen molar-refractivity contribution >= 4 is 25.6 Å². The summed E-state index contributed by atoms with van der Waals surface area (Å²) in [5.41, 5.74) is -0.131. The van der Waals surface area contributed by atoms with Crippen LogP contribution < -0.4 is 5.32 Å². The van der Waals surface area contributed by atoms with Gasteiger partial charge in [0, 0.05) is 17.2 Å². The molecule has 1 amide bonds. The number of carbonyl (C=O) groups is 1. The van der Waals surface area contributed by atoms with Gasteiger partial charge in [0.2, 0.25) is 0 Å². The molecule has 1 aliphatic rings. The number of amides is 1. The number of hydrogen-bond donors (Lipinski definition) is 1. The molecule has 1 unspecified atom stereocenters.